The molecule has 6 nitrogen and oxygen atoms in total. The number of carbonyl (C=O) groups is 1. The molecule has 0 aromatic heterocycles. The van der Waals surface area contributed by atoms with Crippen LogP contribution in [0, 0.1) is 0 Å². The first-order valence-corrected chi connectivity index (χ1v) is 7.60. The van der Waals surface area contributed by atoms with E-state index in [0.29, 0.717) is 11.4 Å². The molecule has 0 radical (unpaired) electrons. The zero-order chi connectivity index (χ0) is 15.3. The van der Waals surface area contributed by atoms with E-state index in [9.17, 15) is 13.2 Å². The van der Waals surface area contributed by atoms with E-state index >= 15 is 0 Å². The van der Waals surface area contributed by atoms with Crippen molar-refractivity contribution in [2.75, 3.05) is 11.9 Å². The van der Waals surface area contributed by atoms with Crippen LogP contribution in [0.1, 0.15) is 0 Å². The van der Waals surface area contributed by atoms with Crippen LogP contribution in [0.5, 0.6) is 5.75 Å². The van der Waals surface area contributed by atoms with Gasteiger partial charge in [-0.1, -0.05) is 18.2 Å². The van der Waals surface area contributed by atoms with Gasteiger partial charge in [0.05, 0.1) is 4.90 Å². The molecule has 3 N–H and O–H groups in total. The van der Waals surface area contributed by atoms with Gasteiger partial charge in [0.1, 0.15) is 5.75 Å². The average Bonchev–Trinajstić information content (AvgIpc) is 2.46. The van der Waals surface area contributed by atoms with Gasteiger partial charge in [-0.3, -0.25) is 4.79 Å². The molecule has 7 heteroatoms. The van der Waals surface area contributed by atoms with Crippen LogP contribution in [0.4, 0.5) is 5.69 Å². The first-order chi connectivity index (χ1) is 9.95. The topological polar surface area (TPSA) is 98.5 Å². The summed E-state index contributed by atoms with van der Waals surface area (Å²) in [6.07, 6.45) is 0. The Kier molecular flexibility index (Phi) is 4.56. The van der Waals surface area contributed by atoms with Crippen molar-refractivity contribution in [2.45, 2.75) is 4.90 Å². The second-order valence-corrected chi connectivity index (χ2v) is 5.78. The zero-order valence-corrected chi connectivity index (χ0v) is 11.8. The lowest BCUT2D eigenvalue weighted by atomic mass is 10.3. The molecule has 0 bridgehead atoms. The van der Waals surface area contributed by atoms with Crippen molar-refractivity contribution in [3.05, 3.63) is 54.6 Å². The van der Waals surface area contributed by atoms with Crippen molar-refractivity contribution in [1.82, 2.24) is 0 Å². The molecule has 110 valence electrons. The van der Waals surface area contributed by atoms with Gasteiger partial charge in [-0.25, -0.2) is 13.6 Å². The smallest absolute Gasteiger partial charge is 0.262 e. The Morgan fingerprint density at radius 1 is 1.05 bits per heavy atom. The highest BCUT2D eigenvalue weighted by Crippen LogP contribution is 2.13. The summed E-state index contributed by atoms with van der Waals surface area (Å²) in [5.74, 6) is 0.249. The SMILES string of the molecule is NS(=O)(=O)c1ccc(NC(=O)COc2ccccc2)cc1. The van der Waals surface area contributed by atoms with Gasteiger partial charge >= 0.3 is 0 Å². The number of benzene rings is 2. The number of amides is 1. The quantitative estimate of drug-likeness (QED) is 0.871. The fourth-order valence-corrected chi connectivity index (χ4v) is 2.11. The number of anilines is 1. The molecule has 0 aliphatic rings. The minimum Gasteiger partial charge on any atom is -0.484 e. The predicted molar refractivity (Wildman–Crippen MR) is 78.4 cm³/mol. The van der Waals surface area contributed by atoms with Crippen LogP contribution in [0.25, 0.3) is 0 Å². The number of hydrogen-bond acceptors (Lipinski definition) is 4. The Balaban J connectivity index is 1.91. The van der Waals surface area contributed by atoms with Gasteiger partial charge in [0.15, 0.2) is 6.61 Å². The van der Waals surface area contributed by atoms with Gasteiger partial charge in [0.25, 0.3) is 5.91 Å². The van der Waals surface area contributed by atoms with Crippen molar-refractivity contribution in [3.8, 4) is 5.75 Å². The standard InChI is InChI=1S/C14H14N2O4S/c15-21(18,19)13-8-6-11(7-9-13)16-14(17)10-20-12-4-2-1-3-5-12/h1-9H,10H2,(H,16,17)(H2,15,18,19). The Morgan fingerprint density at radius 2 is 1.67 bits per heavy atom. The first-order valence-electron chi connectivity index (χ1n) is 6.06. The van der Waals surface area contributed by atoms with E-state index in [0.717, 1.165) is 0 Å². The molecule has 0 saturated carbocycles. The third kappa shape index (κ3) is 4.59. The summed E-state index contributed by atoms with van der Waals surface area (Å²) in [6.45, 7) is -0.138. The number of carbonyl (C=O) groups excluding carboxylic acids is 1. The van der Waals surface area contributed by atoms with Gasteiger partial charge in [0.2, 0.25) is 10.0 Å². The molecular formula is C14H14N2O4S. The van der Waals surface area contributed by atoms with E-state index in [-0.39, 0.29) is 17.4 Å². The molecule has 1 amide bonds. The van der Waals surface area contributed by atoms with E-state index in [1.807, 2.05) is 6.07 Å². The summed E-state index contributed by atoms with van der Waals surface area (Å²) in [6, 6.07) is 14.5. The van der Waals surface area contributed by atoms with Crippen molar-refractivity contribution >= 4 is 21.6 Å². The van der Waals surface area contributed by atoms with Gasteiger partial charge in [-0.05, 0) is 36.4 Å². The van der Waals surface area contributed by atoms with Crippen LogP contribution in [-0.2, 0) is 14.8 Å². The van der Waals surface area contributed by atoms with Gasteiger partial charge in [-0.2, -0.15) is 0 Å². The lowest BCUT2D eigenvalue weighted by Gasteiger charge is -2.07. The number of rotatable bonds is 5. The van der Waals surface area contributed by atoms with Crippen molar-refractivity contribution in [2.24, 2.45) is 5.14 Å². The highest BCUT2D eigenvalue weighted by Gasteiger charge is 2.08. The molecule has 0 saturated heterocycles. The second-order valence-electron chi connectivity index (χ2n) is 4.22. The normalized spacial score (nSPS) is 10.9. The summed E-state index contributed by atoms with van der Waals surface area (Å²) in [5, 5.41) is 7.58. The minimum absolute atomic E-state index is 0.0129. The lowest BCUT2D eigenvalue weighted by Crippen LogP contribution is -2.20. The zero-order valence-electron chi connectivity index (χ0n) is 11.0. The molecule has 0 heterocycles. The molecular weight excluding hydrogens is 292 g/mol. The van der Waals surface area contributed by atoms with Gasteiger partial charge in [0, 0.05) is 5.69 Å². The van der Waals surface area contributed by atoms with Crippen LogP contribution < -0.4 is 15.2 Å². The van der Waals surface area contributed by atoms with E-state index in [1.165, 1.54) is 24.3 Å². The van der Waals surface area contributed by atoms with Crippen LogP contribution in [0.15, 0.2) is 59.5 Å². The molecule has 0 fully saturated rings. The number of hydrogen-bond donors (Lipinski definition) is 2. The Labute approximate surface area is 122 Å². The van der Waals surface area contributed by atoms with Gasteiger partial charge < -0.3 is 10.1 Å². The number of ether oxygens (including phenoxy) is 1. The van der Waals surface area contributed by atoms with E-state index in [4.69, 9.17) is 9.88 Å². The fourth-order valence-electron chi connectivity index (χ4n) is 1.59. The number of primary sulfonamides is 1. The number of para-hydroxylation sites is 1. The maximum atomic E-state index is 11.7. The molecule has 0 aliphatic carbocycles. The highest BCUT2D eigenvalue weighted by molar-refractivity contribution is 7.89. The monoisotopic (exact) mass is 306 g/mol. The summed E-state index contributed by atoms with van der Waals surface area (Å²) in [7, 11) is -3.73. The van der Waals surface area contributed by atoms with E-state index < -0.39 is 10.0 Å². The first kappa shape index (κ1) is 15.0. The van der Waals surface area contributed by atoms with Crippen molar-refractivity contribution < 1.29 is 17.9 Å². The van der Waals surface area contributed by atoms with Crippen molar-refractivity contribution in [3.63, 3.8) is 0 Å². The molecule has 0 atom stereocenters. The molecule has 2 aromatic carbocycles. The Morgan fingerprint density at radius 3 is 2.24 bits per heavy atom. The van der Waals surface area contributed by atoms with Gasteiger partial charge in [-0.15, -0.1) is 0 Å². The van der Waals surface area contributed by atoms with E-state index in [2.05, 4.69) is 5.32 Å². The summed E-state index contributed by atoms with van der Waals surface area (Å²) in [5.41, 5.74) is 0.462. The summed E-state index contributed by atoms with van der Waals surface area (Å²) < 4.78 is 27.5. The van der Waals surface area contributed by atoms with Crippen LogP contribution >= 0.6 is 0 Å². The van der Waals surface area contributed by atoms with Crippen LogP contribution in [-0.4, -0.2) is 20.9 Å². The number of nitrogens with one attached hydrogen (secondary N) is 1. The fraction of sp³-hybridized carbons (Fsp3) is 0.0714. The average molecular weight is 306 g/mol. The summed E-state index contributed by atoms with van der Waals surface area (Å²) >= 11 is 0. The second kappa shape index (κ2) is 6.38. The molecule has 2 aromatic rings. The van der Waals surface area contributed by atoms with Crippen LogP contribution in [0.3, 0.4) is 0 Å². The maximum Gasteiger partial charge on any atom is 0.262 e. The van der Waals surface area contributed by atoms with Crippen molar-refractivity contribution in [1.29, 1.82) is 0 Å². The van der Waals surface area contributed by atoms with Crippen LogP contribution in [0.2, 0.25) is 0 Å². The van der Waals surface area contributed by atoms with E-state index in [1.54, 1.807) is 24.3 Å². The maximum absolute atomic E-state index is 11.7. The molecule has 2 rings (SSSR count). The lowest BCUT2D eigenvalue weighted by molar-refractivity contribution is -0.118. The number of nitrogens with two attached hydrogens (primary N) is 1. The highest BCUT2D eigenvalue weighted by atomic mass is 32.2. The molecule has 0 aliphatic heterocycles. The Hall–Kier alpha value is -2.38. The predicted octanol–water partition coefficient (Wildman–Crippen LogP) is 1.35. The third-order valence-corrected chi connectivity index (χ3v) is 3.51. The Bertz CT molecular complexity index is 712. The molecule has 0 unspecified atom stereocenters. The number of sulfonamides is 1. The largest absolute Gasteiger partial charge is 0.484 e. The summed E-state index contributed by atoms with van der Waals surface area (Å²) in [4.78, 5) is 11.7. The minimum atomic E-state index is -3.73. The third-order valence-electron chi connectivity index (χ3n) is 2.58. The molecule has 0 spiro atoms. The molecule has 21 heavy (non-hydrogen) atoms.